The van der Waals surface area contributed by atoms with Crippen LogP contribution < -0.4 is 5.32 Å². The molecule has 3 N–H and O–H groups in total. The van der Waals surface area contributed by atoms with Crippen molar-refractivity contribution in [2.24, 2.45) is 0 Å². The maximum absolute atomic E-state index is 12.8. The highest BCUT2D eigenvalue weighted by molar-refractivity contribution is 5.94. The molecule has 1 saturated heterocycles. The van der Waals surface area contributed by atoms with Gasteiger partial charge in [-0.3, -0.25) is 4.79 Å². The van der Waals surface area contributed by atoms with E-state index in [0.717, 1.165) is 81.1 Å². The second kappa shape index (κ2) is 10.4. The number of nitrogens with zero attached hydrogens (tertiary/aromatic N) is 4. The number of fused-ring (bicyclic) bond motifs is 1. The smallest absolute Gasteiger partial charge is 0.255 e. The van der Waals surface area contributed by atoms with Crippen molar-refractivity contribution in [3.8, 4) is 0 Å². The van der Waals surface area contributed by atoms with Crippen LogP contribution >= 0.6 is 0 Å². The molecular weight excluding hydrogens is 440 g/mol. The number of rotatable bonds is 7. The van der Waals surface area contributed by atoms with Crippen LogP contribution in [0.3, 0.4) is 0 Å². The molecule has 5 rings (SSSR count). The largest absolute Gasteiger partial charge is 0.393 e. The molecule has 188 valence electrons. The lowest BCUT2D eigenvalue weighted by Gasteiger charge is -2.32. The Kier molecular flexibility index (Phi) is 7.09. The maximum Gasteiger partial charge on any atom is 0.255 e. The highest BCUT2D eigenvalue weighted by Gasteiger charge is 2.29. The van der Waals surface area contributed by atoms with Crippen molar-refractivity contribution in [1.82, 2.24) is 24.4 Å². The first-order valence-electron chi connectivity index (χ1n) is 13.3. The molecule has 1 amide bonds. The lowest BCUT2D eigenvalue weighted by atomic mass is 9.89. The second-order valence-electron chi connectivity index (χ2n) is 10.4. The zero-order chi connectivity index (χ0) is 24.4. The van der Waals surface area contributed by atoms with Gasteiger partial charge in [0.05, 0.1) is 11.7 Å². The van der Waals surface area contributed by atoms with E-state index < -0.39 is 0 Å². The molecule has 8 heteroatoms. The number of aromatic amines is 1. The number of carbonyl (C=O) groups excluding carboxylic acids is 1. The third-order valence-electron chi connectivity index (χ3n) is 7.83. The standard InChI is InChI=1S/C27H38N6O2/c1-3-4-18(2)30-27-29-16-23-24(17-33(25(23)31-27)21-5-7-22(34)8-6-21)19-10-13-32(14-11-19)26(35)20-9-12-28-15-20/h9,12,15-19,21-22,28,34H,3-8,10-11,13-14H2,1-2H3,(H,29,30,31). The van der Waals surface area contributed by atoms with E-state index in [1.165, 1.54) is 5.56 Å². The van der Waals surface area contributed by atoms with E-state index in [2.05, 4.69) is 39.9 Å². The van der Waals surface area contributed by atoms with Crippen LogP contribution in [0.4, 0.5) is 5.95 Å². The van der Waals surface area contributed by atoms with E-state index in [-0.39, 0.29) is 12.0 Å². The Morgan fingerprint density at radius 3 is 2.69 bits per heavy atom. The summed E-state index contributed by atoms with van der Waals surface area (Å²) in [5.41, 5.74) is 3.02. The molecule has 2 aliphatic rings. The highest BCUT2D eigenvalue weighted by Crippen LogP contribution is 2.38. The summed E-state index contributed by atoms with van der Waals surface area (Å²) in [6, 6.07) is 2.51. The fraction of sp³-hybridized carbons (Fsp3) is 0.593. The van der Waals surface area contributed by atoms with Crippen molar-refractivity contribution >= 4 is 22.9 Å². The number of hydrogen-bond donors (Lipinski definition) is 3. The van der Waals surface area contributed by atoms with Gasteiger partial charge in [-0.15, -0.1) is 0 Å². The van der Waals surface area contributed by atoms with Crippen LogP contribution in [0.2, 0.25) is 0 Å². The van der Waals surface area contributed by atoms with Crippen LogP contribution in [0.5, 0.6) is 0 Å². The highest BCUT2D eigenvalue weighted by atomic mass is 16.3. The Labute approximate surface area is 207 Å². The number of amides is 1. The number of aromatic nitrogens is 4. The zero-order valence-corrected chi connectivity index (χ0v) is 20.9. The van der Waals surface area contributed by atoms with Gasteiger partial charge < -0.3 is 24.9 Å². The summed E-state index contributed by atoms with van der Waals surface area (Å²) in [7, 11) is 0. The predicted molar refractivity (Wildman–Crippen MR) is 138 cm³/mol. The summed E-state index contributed by atoms with van der Waals surface area (Å²) in [5, 5.41) is 14.6. The number of likely N-dealkylation sites (tertiary alicyclic amines) is 1. The van der Waals surface area contributed by atoms with Crippen LogP contribution in [-0.4, -0.2) is 60.7 Å². The minimum absolute atomic E-state index is 0.105. The summed E-state index contributed by atoms with van der Waals surface area (Å²) >= 11 is 0. The molecule has 1 saturated carbocycles. The van der Waals surface area contributed by atoms with Gasteiger partial charge in [-0.25, -0.2) is 4.98 Å². The van der Waals surface area contributed by atoms with Crippen LogP contribution in [0.25, 0.3) is 11.0 Å². The molecule has 3 aromatic heterocycles. The number of carbonyl (C=O) groups is 1. The molecule has 1 atom stereocenters. The molecule has 8 nitrogen and oxygen atoms in total. The molecule has 1 aliphatic heterocycles. The molecule has 1 aliphatic carbocycles. The number of hydrogen-bond acceptors (Lipinski definition) is 5. The first kappa shape index (κ1) is 23.9. The Balaban J connectivity index is 1.40. The van der Waals surface area contributed by atoms with E-state index in [1.54, 1.807) is 12.4 Å². The van der Waals surface area contributed by atoms with Crippen LogP contribution in [0.15, 0.2) is 30.9 Å². The minimum atomic E-state index is -0.184. The Morgan fingerprint density at radius 2 is 2.00 bits per heavy atom. The van der Waals surface area contributed by atoms with Gasteiger partial charge in [0.2, 0.25) is 5.95 Å². The number of nitrogens with one attached hydrogen (secondary N) is 2. The molecule has 35 heavy (non-hydrogen) atoms. The number of H-pyrrole nitrogens is 1. The third kappa shape index (κ3) is 5.08. The second-order valence-corrected chi connectivity index (χ2v) is 10.4. The average Bonchev–Trinajstić information content (AvgIpc) is 3.53. The summed E-state index contributed by atoms with van der Waals surface area (Å²) in [4.78, 5) is 27.4. The molecule has 4 heterocycles. The van der Waals surface area contributed by atoms with E-state index in [4.69, 9.17) is 4.98 Å². The van der Waals surface area contributed by atoms with Crippen molar-refractivity contribution in [3.63, 3.8) is 0 Å². The molecule has 0 spiro atoms. The minimum Gasteiger partial charge on any atom is -0.393 e. The fourth-order valence-electron chi connectivity index (χ4n) is 5.82. The van der Waals surface area contributed by atoms with Gasteiger partial charge in [0.1, 0.15) is 5.65 Å². The lowest BCUT2D eigenvalue weighted by molar-refractivity contribution is 0.0713. The molecule has 3 aromatic rings. The van der Waals surface area contributed by atoms with E-state index in [9.17, 15) is 9.90 Å². The Bertz CT molecular complexity index is 1120. The van der Waals surface area contributed by atoms with Crippen LogP contribution in [0, 0.1) is 0 Å². The number of anilines is 1. The number of aliphatic hydroxyl groups excluding tert-OH is 1. The molecule has 0 aromatic carbocycles. The Hall–Kier alpha value is -2.87. The topological polar surface area (TPSA) is 99.1 Å². The van der Waals surface area contributed by atoms with Crippen molar-refractivity contribution in [2.45, 2.75) is 89.3 Å². The van der Waals surface area contributed by atoms with E-state index in [0.29, 0.717) is 23.9 Å². The summed E-state index contributed by atoms with van der Waals surface area (Å²) in [5.74, 6) is 1.17. The van der Waals surface area contributed by atoms with Gasteiger partial charge >= 0.3 is 0 Å². The van der Waals surface area contributed by atoms with E-state index in [1.807, 2.05) is 17.2 Å². The van der Waals surface area contributed by atoms with Crippen LogP contribution in [0.1, 0.15) is 93.1 Å². The maximum atomic E-state index is 12.8. The van der Waals surface area contributed by atoms with Gasteiger partial charge in [-0.2, -0.15) is 4.98 Å². The Morgan fingerprint density at radius 1 is 1.23 bits per heavy atom. The SMILES string of the molecule is CCCC(C)Nc1ncc2c(C3CCN(C(=O)c4cc[nH]c4)CC3)cn(C3CCC(O)CC3)c2n1. The first-order chi connectivity index (χ1) is 17.0. The fourth-order valence-corrected chi connectivity index (χ4v) is 5.82. The quantitative estimate of drug-likeness (QED) is 0.451. The van der Waals surface area contributed by atoms with Crippen molar-refractivity contribution in [1.29, 1.82) is 0 Å². The number of aliphatic hydroxyl groups is 1. The van der Waals surface area contributed by atoms with Gasteiger partial charge in [0.25, 0.3) is 5.91 Å². The zero-order valence-electron chi connectivity index (χ0n) is 20.9. The van der Waals surface area contributed by atoms with Crippen molar-refractivity contribution < 1.29 is 9.90 Å². The summed E-state index contributed by atoms with van der Waals surface area (Å²) in [6.45, 7) is 5.87. The normalized spacial score (nSPS) is 22.4. The number of piperidine rings is 1. The third-order valence-corrected chi connectivity index (χ3v) is 7.83. The molecule has 0 bridgehead atoms. The summed E-state index contributed by atoms with van der Waals surface area (Å²) < 4.78 is 2.35. The predicted octanol–water partition coefficient (Wildman–Crippen LogP) is 4.86. The monoisotopic (exact) mass is 478 g/mol. The van der Waals surface area contributed by atoms with Gasteiger partial charge in [0, 0.05) is 55.3 Å². The molecule has 1 unspecified atom stereocenters. The van der Waals surface area contributed by atoms with Gasteiger partial charge in [0.15, 0.2) is 0 Å². The van der Waals surface area contributed by atoms with E-state index >= 15 is 0 Å². The molecule has 2 fully saturated rings. The van der Waals surface area contributed by atoms with Crippen LogP contribution in [-0.2, 0) is 0 Å². The van der Waals surface area contributed by atoms with Gasteiger partial charge in [-0.05, 0) is 69.4 Å². The molecule has 0 radical (unpaired) electrons. The van der Waals surface area contributed by atoms with Gasteiger partial charge in [-0.1, -0.05) is 13.3 Å². The first-order valence-corrected chi connectivity index (χ1v) is 13.3. The van der Waals surface area contributed by atoms with Crippen molar-refractivity contribution in [2.75, 3.05) is 18.4 Å². The summed E-state index contributed by atoms with van der Waals surface area (Å²) in [6.07, 6.45) is 15.3. The average molecular weight is 479 g/mol. The lowest BCUT2D eigenvalue weighted by Crippen LogP contribution is -2.37. The molecular formula is C27H38N6O2. The van der Waals surface area contributed by atoms with Crippen molar-refractivity contribution in [3.05, 3.63) is 42.0 Å².